The lowest BCUT2D eigenvalue weighted by atomic mass is 9.85. The van der Waals surface area contributed by atoms with E-state index < -0.39 is 0 Å². The highest BCUT2D eigenvalue weighted by molar-refractivity contribution is 5.93. The number of anilines is 1. The molecule has 2 atom stereocenters. The Labute approximate surface area is 181 Å². The number of nitrogens with zero attached hydrogens (tertiary/aromatic N) is 2. The smallest absolute Gasteiger partial charge is 0.224 e. The lowest BCUT2D eigenvalue weighted by Crippen LogP contribution is -2.34. The first kappa shape index (κ1) is 24.8. The maximum Gasteiger partial charge on any atom is 0.224 e. The molecule has 1 aromatic heterocycles. The zero-order chi connectivity index (χ0) is 18.5. The number of aromatic nitrogens is 1. The predicted octanol–water partition coefficient (Wildman–Crippen LogP) is 4.01. The second kappa shape index (κ2) is 11.7. The van der Waals surface area contributed by atoms with Gasteiger partial charge in [0.25, 0.3) is 0 Å². The van der Waals surface area contributed by atoms with Crippen molar-refractivity contribution in [1.82, 2.24) is 14.8 Å². The van der Waals surface area contributed by atoms with E-state index in [4.69, 9.17) is 0 Å². The van der Waals surface area contributed by atoms with E-state index in [-0.39, 0.29) is 30.7 Å². The molecule has 2 unspecified atom stereocenters. The van der Waals surface area contributed by atoms with Gasteiger partial charge in [0.15, 0.2) is 0 Å². The number of fused-ring (bicyclic) bond motifs is 1. The zero-order valence-corrected chi connectivity index (χ0v) is 18.7. The fraction of sp³-hybridized carbons (Fsp3) is 0.571. The minimum Gasteiger partial charge on any atom is -0.346 e. The molecule has 1 amide bonds. The SMILES string of the molecule is CC(CC(=O)Nc1ccc2ccn(CCN(C)C)c2c1)C1CCCNC1.Cl.Cl. The van der Waals surface area contributed by atoms with Crippen LogP contribution in [0.3, 0.4) is 0 Å². The lowest BCUT2D eigenvalue weighted by Gasteiger charge is -2.28. The van der Waals surface area contributed by atoms with Gasteiger partial charge in [-0.25, -0.2) is 0 Å². The molecule has 0 bridgehead atoms. The van der Waals surface area contributed by atoms with Crippen molar-refractivity contribution in [3.63, 3.8) is 0 Å². The molecule has 0 spiro atoms. The highest BCUT2D eigenvalue weighted by Gasteiger charge is 2.22. The van der Waals surface area contributed by atoms with Gasteiger partial charge in [0.05, 0.1) is 5.52 Å². The molecule has 3 rings (SSSR count). The normalized spacial score (nSPS) is 17.6. The van der Waals surface area contributed by atoms with Crippen molar-refractivity contribution < 1.29 is 4.79 Å². The number of hydrogen-bond acceptors (Lipinski definition) is 3. The summed E-state index contributed by atoms with van der Waals surface area (Å²) in [6.45, 7) is 6.29. The Morgan fingerprint density at radius 3 is 2.79 bits per heavy atom. The number of amides is 1. The van der Waals surface area contributed by atoms with Crippen molar-refractivity contribution >= 4 is 47.3 Å². The summed E-state index contributed by atoms with van der Waals surface area (Å²) in [4.78, 5) is 14.7. The lowest BCUT2D eigenvalue weighted by molar-refractivity contribution is -0.117. The van der Waals surface area contributed by atoms with E-state index in [0.717, 1.165) is 31.9 Å². The monoisotopic (exact) mass is 428 g/mol. The predicted molar refractivity (Wildman–Crippen MR) is 123 cm³/mol. The molecule has 0 radical (unpaired) electrons. The van der Waals surface area contributed by atoms with Gasteiger partial charge in [0.1, 0.15) is 0 Å². The molecule has 1 aromatic carbocycles. The first-order valence-electron chi connectivity index (χ1n) is 9.77. The van der Waals surface area contributed by atoms with Gasteiger partial charge in [-0.1, -0.05) is 13.0 Å². The molecule has 0 saturated carbocycles. The highest BCUT2D eigenvalue weighted by Crippen LogP contribution is 2.24. The fourth-order valence-electron chi connectivity index (χ4n) is 3.80. The van der Waals surface area contributed by atoms with Crippen LogP contribution in [0.4, 0.5) is 5.69 Å². The molecule has 1 fully saturated rings. The van der Waals surface area contributed by atoms with E-state index in [1.807, 2.05) is 6.07 Å². The van der Waals surface area contributed by atoms with Gasteiger partial charge < -0.3 is 20.1 Å². The third-order valence-electron chi connectivity index (χ3n) is 5.49. The Bertz CT molecular complexity index is 741. The summed E-state index contributed by atoms with van der Waals surface area (Å²) in [6.07, 6.45) is 5.16. The zero-order valence-electron chi connectivity index (χ0n) is 17.1. The third-order valence-corrected chi connectivity index (χ3v) is 5.49. The number of likely N-dealkylation sites (N-methyl/N-ethyl adjacent to an activating group) is 1. The van der Waals surface area contributed by atoms with Crippen LogP contribution in [-0.2, 0) is 11.3 Å². The van der Waals surface area contributed by atoms with Crippen LogP contribution >= 0.6 is 24.8 Å². The van der Waals surface area contributed by atoms with Crippen molar-refractivity contribution in [2.24, 2.45) is 11.8 Å². The Kier molecular flexibility index (Phi) is 10.3. The second-order valence-electron chi connectivity index (χ2n) is 7.92. The van der Waals surface area contributed by atoms with Gasteiger partial charge in [-0.15, -0.1) is 24.8 Å². The molecule has 2 heterocycles. The molecule has 28 heavy (non-hydrogen) atoms. The summed E-state index contributed by atoms with van der Waals surface area (Å²) in [5.41, 5.74) is 2.07. The van der Waals surface area contributed by atoms with Crippen LogP contribution < -0.4 is 10.6 Å². The van der Waals surface area contributed by atoms with Crippen LogP contribution in [-0.4, -0.2) is 49.1 Å². The van der Waals surface area contributed by atoms with Gasteiger partial charge in [-0.2, -0.15) is 0 Å². The molecule has 0 aliphatic carbocycles. The first-order chi connectivity index (χ1) is 12.5. The standard InChI is InChI=1S/C21H32N4O.2ClH/c1-16(18-5-4-9-22-15-18)13-21(26)23-19-7-6-17-8-10-25(20(17)14-19)12-11-24(2)3;;/h6-8,10,14,16,18,22H,4-5,9,11-13,15H2,1-3H3,(H,23,26);2*1H. The molecular formula is C21H34Cl2N4O. The second-order valence-corrected chi connectivity index (χ2v) is 7.92. The largest absolute Gasteiger partial charge is 0.346 e. The van der Waals surface area contributed by atoms with Crippen LogP contribution in [0.25, 0.3) is 10.9 Å². The van der Waals surface area contributed by atoms with E-state index in [1.54, 1.807) is 0 Å². The Morgan fingerprint density at radius 1 is 1.32 bits per heavy atom. The van der Waals surface area contributed by atoms with Crippen LogP contribution in [0.1, 0.15) is 26.2 Å². The van der Waals surface area contributed by atoms with Crippen molar-refractivity contribution in [2.75, 3.05) is 39.0 Å². The first-order valence-corrected chi connectivity index (χ1v) is 9.77. The van der Waals surface area contributed by atoms with Crippen LogP contribution in [0, 0.1) is 11.8 Å². The molecule has 2 aromatic rings. The van der Waals surface area contributed by atoms with Crippen molar-refractivity contribution in [1.29, 1.82) is 0 Å². The van der Waals surface area contributed by atoms with Crippen molar-refractivity contribution in [3.8, 4) is 0 Å². The van der Waals surface area contributed by atoms with E-state index in [1.165, 1.54) is 23.7 Å². The molecule has 2 N–H and O–H groups in total. The maximum atomic E-state index is 12.5. The van der Waals surface area contributed by atoms with Gasteiger partial charge >= 0.3 is 0 Å². The minimum atomic E-state index is 0. The fourth-order valence-corrected chi connectivity index (χ4v) is 3.80. The Morgan fingerprint density at radius 2 is 2.11 bits per heavy atom. The third kappa shape index (κ3) is 6.66. The average Bonchev–Trinajstić information content (AvgIpc) is 3.03. The Hall–Kier alpha value is -1.27. The average molecular weight is 429 g/mol. The number of rotatable bonds is 7. The van der Waals surface area contributed by atoms with Gasteiger partial charge in [0, 0.05) is 31.4 Å². The molecular weight excluding hydrogens is 395 g/mol. The van der Waals surface area contributed by atoms with E-state index in [2.05, 4.69) is 65.5 Å². The maximum absolute atomic E-state index is 12.5. The number of halogens is 2. The van der Waals surface area contributed by atoms with E-state index in [9.17, 15) is 4.79 Å². The van der Waals surface area contributed by atoms with Crippen LogP contribution in [0.5, 0.6) is 0 Å². The molecule has 1 aliphatic rings. The minimum absolute atomic E-state index is 0. The highest BCUT2D eigenvalue weighted by atomic mass is 35.5. The number of carbonyl (C=O) groups excluding carboxylic acids is 1. The number of carbonyl (C=O) groups is 1. The van der Waals surface area contributed by atoms with Gasteiger partial charge in [-0.3, -0.25) is 4.79 Å². The summed E-state index contributed by atoms with van der Waals surface area (Å²) in [6, 6.07) is 8.32. The molecule has 7 heteroatoms. The molecule has 158 valence electrons. The van der Waals surface area contributed by atoms with Gasteiger partial charge in [-0.05, 0) is 75.4 Å². The summed E-state index contributed by atoms with van der Waals surface area (Å²) >= 11 is 0. The van der Waals surface area contributed by atoms with Crippen LogP contribution in [0.2, 0.25) is 0 Å². The number of benzene rings is 1. The molecule has 1 aliphatic heterocycles. The summed E-state index contributed by atoms with van der Waals surface area (Å²) in [5, 5.41) is 7.76. The number of hydrogen-bond donors (Lipinski definition) is 2. The number of nitrogens with one attached hydrogen (secondary N) is 2. The van der Waals surface area contributed by atoms with E-state index >= 15 is 0 Å². The Balaban J connectivity index is 0.00000196. The van der Waals surface area contributed by atoms with Crippen LogP contribution in [0.15, 0.2) is 30.5 Å². The van der Waals surface area contributed by atoms with Crippen molar-refractivity contribution in [2.45, 2.75) is 32.7 Å². The number of piperidine rings is 1. The van der Waals surface area contributed by atoms with Crippen molar-refractivity contribution in [3.05, 3.63) is 30.5 Å². The quantitative estimate of drug-likeness (QED) is 0.699. The van der Waals surface area contributed by atoms with Gasteiger partial charge in [0.2, 0.25) is 5.91 Å². The molecule has 1 saturated heterocycles. The summed E-state index contributed by atoms with van der Waals surface area (Å²) < 4.78 is 2.25. The summed E-state index contributed by atoms with van der Waals surface area (Å²) in [7, 11) is 4.17. The summed E-state index contributed by atoms with van der Waals surface area (Å²) in [5.74, 6) is 1.14. The van der Waals surface area contributed by atoms with E-state index in [0.29, 0.717) is 18.3 Å². The molecule has 5 nitrogen and oxygen atoms in total. The topological polar surface area (TPSA) is 49.3 Å².